The highest BCUT2D eigenvalue weighted by atomic mass is 35.5. The van der Waals surface area contributed by atoms with Crippen LogP contribution in [0.25, 0.3) is 0 Å². The number of methoxy groups -OCH3 is 1. The Morgan fingerprint density at radius 2 is 1.59 bits per heavy atom. The van der Waals surface area contributed by atoms with Gasteiger partial charge in [0.2, 0.25) is 15.9 Å². The van der Waals surface area contributed by atoms with Crippen molar-refractivity contribution in [2.75, 3.05) is 12.0 Å². The third kappa shape index (κ3) is 4.70. The van der Waals surface area contributed by atoms with Crippen LogP contribution in [-0.2, 0) is 26.2 Å². The molecule has 1 fully saturated rings. The van der Waals surface area contributed by atoms with E-state index in [1.165, 1.54) is 19.2 Å². The van der Waals surface area contributed by atoms with E-state index in [0.29, 0.717) is 22.0 Å². The van der Waals surface area contributed by atoms with E-state index >= 15 is 0 Å². The predicted molar refractivity (Wildman–Crippen MR) is 129 cm³/mol. The van der Waals surface area contributed by atoms with Gasteiger partial charge in [0.15, 0.2) is 0 Å². The first-order valence-electron chi connectivity index (χ1n) is 10.5. The van der Waals surface area contributed by atoms with Crippen LogP contribution in [0.1, 0.15) is 17.5 Å². The van der Waals surface area contributed by atoms with E-state index in [-0.39, 0.29) is 17.9 Å². The van der Waals surface area contributed by atoms with E-state index in [1.807, 2.05) is 31.2 Å². The Labute approximate surface area is 203 Å². The highest BCUT2D eigenvalue weighted by molar-refractivity contribution is 7.89. The molecule has 1 unspecified atom stereocenters. The van der Waals surface area contributed by atoms with E-state index in [1.54, 1.807) is 36.4 Å². The molecule has 0 N–H and O–H groups in total. The number of amides is 2. The number of anilines is 1. The number of hydrogen-bond acceptors (Lipinski definition) is 5. The van der Waals surface area contributed by atoms with Crippen molar-refractivity contribution >= 4 is 39.1 Å². The minimum Gasteiger partial charge on any atom is -0.497 e. The molecule has 1 aliphatic rings. The number of halogens is 1. The summed E-state index contributed by atoms with van der Waals surface area (Å²) in [7, 11) is -2.64. The van der Waals surface area contributed by atoms with Gasteiger partial charge in [-0.15, -0.1) is 0 Å². The summed E-state index contributed by atoms with van der Waals surface area (Å²) in [5.41, 5.74) is 2.07. The zero-order valence-corrected chi connectivity index (χ0v) is 20.2. The molecule has 0 aromatic heterocycles. The summed E-state index contributed by atoms with van der Waals surface area (Å²) in [4.78, 5) is 27.3. The molecule has 0 bridgehead atoms. The summed E-state index contributed by atoms with van der Waals surface area (Å²) < 4.78 is 33.7. The first-order valence-corrected chi connectivity index (χ1v) is 12.4. The zero-order valence-electron chi connectivity index (χ0n) is 18.6. The van der Waals surface area contributed by atoms with Crippen LogP contribution >= 0.6 is 11.6 Å². The number of nitrogens with zero attached hydrogens (tertiary/aromatic N) is 2. The van der Waals surface area contributed by atoms with Gasteiger partial charge >= 0.3 is 0 Å². The maximum absolute atomic E-state index is 13.7. The van der Waals surface area contributed by atoms with Crippen LogP contribution in [0.2, 0.25) is 5.02 Å². The largest absolute Gasteiger partial charge is 0.497 e. The Bertz CT molecular complexity index is 1310. The standard InChI is InChI=1S/C25H23ClN2O5S/c1-17-3-5-18(6-4-17)16-27(34(31,32)22-13-11-21(33-2)12-14-22)23-15-24(29)28(25(23)30)20-9-7-19(26)8-10-20/h3-14,23H,15-16H2,1-2H3. The molecule has 3 aromatic carbocycles. The molecule has 34 heavy (non-hydrogen) atoms. The number of carbonyl (C=O) groups excluding carboxylic acids is 2. The smallest absolute Gasteiger partial charge is 0.252 e. The summed E-state index contributed by atoms with van der Waals surface area (Å²) in [6, 6.07) is 18.4. The lowest BCUT2D eigenvalue weighted by molar-refractivity contribution is -0.122. The van der Waals surface area contributed by atoms with Crippen molar-refractivity contribution in [1.82, 2.24) is 4.31 Å². The number of aryl methyl sites for hydroxylation is 1. The highest BCUT2D eigenvalue weighted by Crippen LogP contribution is 2.31. The van der Waals surface area contributed by atoms with Crippen molar-refractivity contribution in [3.8, 4) is 5.75 Å². The second-order valence-electron chi connectivity index (χ2n) is 7.98. The minimum atomic E-state index is -4.13. The maximum atomic E-state index is 13.7. The molecule has 1 atom stereocenters. The van der Waals surface area contributed by atoms with Crippen LogP contribution in [0.4, 0.5) is 5.69 Å². The second-order valence-corrected chi connectivity index (χ2v) is 10.3. The van der Waals surface area contributed by atoms with E-state index < -0.39 is 27.9 Å². The van der Waals surface area contributed by atoms with Gasteiger partial charge in [-0.1, -0.05) is 41.4 Å². The number of imide groups is 1. The number of rotatable bonds is 7. The summed E-state index contributed by atoms with van der Waals surface area (Å²) in [5, 5.41) is 0.461. The minimum absolute atomic E-state index is 0.00519. The number of hydrogen-bond donors (Lipinski definition) is 0. The molecule has 176 valence electrons. The van der Waals surface area contributed by atoms with Crippen molar-refractivity contribution in [3.05, 3.63) is 88.9 Å². The Morgan fingerprint density at radius 3 is 2.18 bits per heavy atom. The first-order chi connectivity index (χ1) is 16.2. The van der Waals surface area contributed by atoms with E-state index in [4.69, 9.17) is 16.3 Å². The Kier molecular flexibility index (Phi) is 6.74. The Hall–Kier alpha value is -3.20. The lowest BCUT2D eigenvalue weighted by Gasteiger charge is -2.27. The van der Waals surface area contributed by atoms with Crippen molar-refractivity contribution in [1.29, 1.82) is 0 Å². The zero-order chi connectivity index (χ0) is 24.5. The Morgan fingerprint density at radius 1 is 0.971 bits per heavy atom. The van der Waals surface area contributed by atoms with Gasteiger partial charge in [-0.25, -0.2) is 13.3 Å². The van der Waals surface area contributed by atoms with Crippen molar-refractivity contribution < 1.29 is 22.7 Å². The van der Waals surface area contributed by atoms with Gasteiger partial charge in [0.05, 0.1) is 24.1 Å². The summed E-state index contributed by atoms with van der Waals surface area (Å²) in [6.45, 7) is 1.87. The third-order valence-corrected chi connectivity index (χ3v) is 7.80. The first kappa shape index (κ1) is 23.9. The van der Waals surface area contributed by atoms with Crippen LogP contribution in [0, 0.1) is 6.92 Å². The average molecular weight is 499 g/mol. The normalized spacial score (nSPS) is 16.4. The molecular weight excluding hydrogens is 476 g/mol. The van der Waals surface area contributed by atoms with E-state index in [9.17, 15) is 18.0 Å². The van der Waals surface area contributed by atoms with Crippen LogP contribution in [0.3, 0.4) is 0 Å². The number of sulfonamides is 1. The fourth-order valence-corrected chi connectivity index (χ4v) is 5.52. The molecule has 9 heteroatoms. The third-order valence-electron chi connectivity index (χ3n) is 5.68. The van der Waals surface area contributed by atoms with Crippen LogP contribution in [0.5, 0.6) is 5.75 Å². The fraction of sp³-hybridized carbons (Fsp3) is 0.200. The molecule has 0 aliphatic carbocycles. The number of carbonyl (C=O) groups is 2. The monoisotopic (exact) mass is 498 g/mol. The lowest BCUT2D eigenvalue weighted by Crippen LogP contribution is -2.45. The topological polar surface area (TPSA) is 84.0 Å². The molecule has 7 nitrogen and oxygen atoms in total. The SMILES string of the molecule is COc1ccc(S(=O)(=O)N(Cc2ccc(C)cc2)C2CC(=O)N(c3ccc(Cl)cc3)C2=O)cc1. The summed E-state index contributed by atoms with van der Waals surface area (Å²) in [6.07, 6.45) is -0.261. The lowest BCUT2D eigenvalue weighted by atomic mass is 10.1. The maximum Gasteiger partial charge on any atom is 0.252 e. The van der Waals surface area contributed by atoms with Gasteiger partial charge < -0.3 is 4.74 Å². The van der Waals surface area contributed by atoms with Crippen LogP contribution in [0.15, 0.2) is 77.7 Å². The fourth-order valence-electron chi connectivity index (χ4n) is 3.82. The van der Waals surface area contributed by atoms with Gasteiger partial charge in [0, 0.05) is 11.6 Å². The molecule has 1 saturated heterocycles. The quantitative estimate of drug-likeness (QED) is 0.456. The van der Waals surface area contributed by atoms with Gasteiger partial charge in [-0.2, -0.15) is 4.31 Å². The van der Waals surface area contributed by atoms with Crippen molar-refractivity contribution in [2.45, 2.75) is 30.8 Å². The predicted octanol–water partition coefficient (Wildman–Crippen LogP) is 4.18. The molecule has 1 heterocycles. The molecule has 3 aromatic rings. The number of benzene rings is 3. The van der Waals surface area contributed by atoms with Crippen LogP contribution < -0.4 is 9.64 Å². The molecule has 4 rings (SSSR count). The highest BCUT2D eigenvalue weighted by Gasteiger charge is 2.47. The molecule has 2 amide bonds. The molecule has 0 radical (unpaired) electrons. The summed E-state index contributed by atoms with van der Waals surface area (Å²) in [5.74, 6) is -0.572. The summed E-state index contributed by atoms with van der Waals surface area (Å²) >= 11 is 5.94. The van der Waals surface area contributed by atoms with E-state index in [2.05, 4.69) is 0 Å². The molecule has 1 aliphatic heterocycles. The van der Waals surface area contributed by atoms with E-state index in [0.717, 1.165) is 14.8 Å². The van der Waals surface area contributed by atoms with Gasteiger partial charge in [0.25, 0.3) is 5.91 Å². The number of ether oxygens (including phenoxy) is 1. The Balaban J connectivity index is 1.74. The van der Waals surface area contributed by atoms with Crippen molar-refractivity contribution in [2.24, 2.45) is 0 Å². The molecule has 0 spiro atoms. The van der Waals surface area contributed by atoms with Gasteiger partial charge in [-0.05, 0) is 61.0 Å². The second kappa shape index (κ2) is 9.58. The van der Waals surface area contributed by atoms with Crippen LogP contribution in [-0.4, -0.2) is 37.7 Å². The average Bonchev–Trinajstić information content (AvgIpc) is 3.12. The molecular formula is C25H23ClN2O5S. The van der Waals surface area contributed by atoms with Gasteiger partial charge in [-0.3, -0.25) is 9.59 Å². The molecule has 0 saturated carbocycles. The van der Waals surface area contributed by atoms with Crippen molar-refractivity contribution in [3.63, 3.8) is 0 Å². The van der Waals surface area contributed by atoms with Gasteiger partial charge in [0.1, 0.15) is 11.8 Å².